The molecule has 2 aromatic heterocycles. The van der Waals surface area contributed by atoms with Crippen molar-refractivity contribution in [3.63, 3.8) is 0 Å². The Morgan fingerprint density at radius 3 is 2.43 bits per heavy atom. The second-order valence-corrected chi connectivity index (χ2v) is 8.23. The summed E-state index contributed by atoms with van der Waals surface area (Å²) in [6, 6.07) is 15.9. The van der Waals surface area contributed by atoms with Crippen LogP contribution in [0.25, 0.3) is 32.7 Å². The maximum absolute atomic E-state index is 13.4. The number of hydrogen-bond acceptors (Lipinski definition) is 3. The fourth-order valence-corrected chi connectivity index (χ4v) is 4.59. The molecule has 0 aliphatic heterocycles. The lowest BCUT2D eigenvalue weighted by Crippen LogP contribution is -2.24. The molecule has 0 bridgehead atoms. The monoisotopic (exact) mass is 392 g/mol. The summed E-state index contributed by atoms with van der Waals surface area (Å²) in [6.45, 7) is 5.41. The van der Waals surface area contributed by atoms with Crippen LogP contribution in [0, 0.1) is 20.8 Å². The molecule has 0 N–H and O–H groups in total. The van der Waals surface area contributed by atoms with Crippen molar-refractivity contribution in [2.45, 2.75) is 27.3 Å². The number of nitrogens with zero attached hydrogens (tertiary/aromatic N) is 2. The van der Waals surface area contributed by atoms with E-state index >= 15 is 0 Å². The van der Waals surface area contributed by atoms with E-state index in [9.17, 15) is 9.18 Å². The first kappa shape index (κ1) is 18.6. The molecule has 0 fully saturated rings. The SMILES string of the molecule is Cc1ccc(-c2c(C)sc3nc(-c4cccc(C)c4)n(CCF)c(=O)c23)cc1. The van der Waals surface area contributed by atoms with Gasteiger partial charge in [0.15, 0.2) is 0 Å². The van der Waals surface area contributed by atoms with E-state index in [0.717, 1.165) is 32.7 Å². The molecule has 0 radical (unpaired) electrons. The van der Waals surface area contributed by atoms with Crippen LogP contribution in [0.1, 0.15) is 16.0 Å². The van der Waals surface area contributed by atoms with Crippen LogP contribution in [-0.2, 0) is 6.54 Å². The van der Waals surface area contributed by atoms with E-state index in [0.29, 0.717) is 16.0 Å². The summed E-state index contributed by atoms with van der Waals surface area (Å²) in [6.07, 6.45) is 0. The van der Waals surface area contributed by atoms with Crippen LogP contribution in [0.5, 0.6) is 0 Å². The highest BCUT2D eigenvalue weighted by Gasteiger charge is 2.20. The third-order valence-electron chi connectivity index (χ3n) is 4.91. The average molecular weight is 392 g/mol. The molecule has 0 aliphatic rings. The normalized spacial score (nSPS) is 11.3. The molecular formula is C23H21FN2OS. The fraction of sp³-hybridized carbons (Fsp3) is 0.217. The van der Waals surface area contributed by atoms with Crippen LogP contribution in [-0.4, -0.2) is 16.2 Å². The molecule has 0 saturated heterocycles. The van der Waals surface area contributed by atoms with Gasteiger partial charge in [-0.3, -0.25) is 9.36 Å². The van der Waals surface area contributed by atoms with Gasteiger partial charge in [0.05, 0.1) is 11.9 Å². The standard InChI is InChI=1S/C23H21FN2OS/c1-14-7-9-17(10-8-14)19-16(3)28-22-20(19)23(27)26(12-11-24)21(25-22)18-6-4-5-15(2)13-18/h4-10,13H,11-12H2,1-3H3. The lowest BCUT2D eigenvalue weighted by Gasteiger charge is -2.12. The minimum atomic E-state index is -0.616. The molecule has 3 nitrogen and oxygen atoms in total. The number of alkyl halides is 1. The fourth-order valence-electron chi connectivity index (χ4n) is 3.56. The highest BCUT2D eigenvalue weighted by atomic mass is 32.1. The maximum atomic E-state index is 13.4. The topological polar surface area (TPSA) is 34.9 Å². The van der Waals surface area contributed by atoms with Crippen LogP contribution in [0.15, 0.2) is 53.3 Å². The van der Waals surface area contributed by atoms with Crippen molar-refractivity contribution in [3.05, 3.63) is 74.9 Å². The van der Waals surface area contributed by atoms with Gasteiger partial charge in [0.2, 0.25) is 0 Å². The number of aromatic nitrogens is 2. The third kappa shape index (κ3) is 3.16. The Bertz CT molecular complexity index is 1220. The Kier molecular flexibility index (Phi) is 4.85. The summed E-state index contributed by atoms with van der Waals surface area (Å²) >= 11 is 1.51. The van der Waals surface area contributed by atoms with E-state index < -0.39 is 6.67 Å². The molecule has 0 saturated carbocycles. The molecule has 0 spiro atoms. The Morgan fingerprint density at radius 2 is 1.75 bits per heavy atom. The average Bonchev–Trinajstić information content (AvgIpc) is 3.01. The van der Waals surface area contributed by atoms with Crippen molar-refractivity contribution in [3.8, 4) is 22.5 Å². The van der Waals surface area contributed by atoms with Gasteiger partial charge in [0.1, 0.15) is 17.3 Å². The van der Waals surface area contributed by atoms with Gasteiger partial charge in [0, 0.05) is 16.0 Å². The minimum Gasteiger partial charge on any atom is -0.289 e. The van der Waals surface area contributed by atoms with E-state index in [4.69, 9.17) is 4.98 Å². The zero-order valence-electron chi connectivity index (χ0n) is 16.1. The minimum absolute atomic E-state index is 0.00667. The van der Waals surface area contributed by atoms with Crippen LogP contribution < -0.4 is 5.56 Å². The summed E-state index contributed by atoms with van der Waals surface area (Å²) < 4.78 is 14.8. The predicted octanol–water partition coefficient (Wildman–Crippen LogP) is 5.69. The second-order valence-electron chi connectivity index (χ2n) is 7.03. The van der Waals surface area contributed by atoms with Crippen LogP contribution in [0.4, 0.5) is 4.39 Å². The quantitative estimate of drug-likeness (QED) is 0.447. The van der Waals surface area contributed by atoms with Gasteiger partial charge in [-0.05, 0) is 32.4 Å². The van der Waals surface area contributed by atoms with Crippen molar-refractivity contribution in [1.29, 1.82) is 0 Å². The zero-order valence-corrected chi connectivity index (χ0v) is 16.9. The van der Waals surface area contributed by atoms with Crippen molar-refractivity contribution in [1.82, 2.24) is 9.55 Å². The molecule has 0 unspecified atom stereocenters. The van der Waals surface area contributed by atoms with Crippen molar-refractivity contribution >= 4 is 21.6 Å². The number of halogens is 1. The Morgan fingerprint density at radius 1 is 1.00 bits per heavy atom. The number of rotatable bonds is 4. The molecule has 2 aromatic carbocycles. The predicted molar refractivity (Wildman–Crippen MR) is 115 cm³/mol. The summed E-state index contributed by atoms with van der Waals surface area (Å²) in [5.41, 5.74) is 4.77. The first-order valence-corrected chi connectivity index (χ1v) is 10.0. The lowest BCUT2D eigenvalue weighted by atomic mass is 10.0. The lowest BCUT2D eigenvalue weighted by molar-refractivity contribution is 0.441. The Labute approximate surface area is 167 Å². The highest BCUT2D eigenvalue weighted by Crippen LogP contribution is 2.36. The second kappa shape index (κ2) is 7.32. The van der Waals surface area contributed by atoms with E-state index in [1.165, 1.54) is 15.9 Å². The zero-order chi connectivity index (χ0) is 19.8. The van der Waals surface area contributed by atoms with Gasteiger partial charge in [-0.2, -0.15) is 0 Å². The van der Waals surface area contributed by atoms with E-state index in [2.05, 4.69) is 0 Å². The molecule has 0 atom stereocenters. The molecule has 4 aromatic rings. The highest BCUT2D eigenvalue weighted by molar-refractivity contribution is 7.19. The van der Waals surface area contributed by atoms with Gasteiger partial charge < -0.3 is 0 Å². The number of fused-ring (bicyclic) bond motifs is 1. The third-order valence-corrected chi connectivity index (χ3v) is 5.91. The van der Waals surface area contributed by atoms with Gasteiger partial charge in [-0.1, -0.05) is 53.6 Å². The molecular weight excluding hydrogens is 371 g/mol. The van der Waals surface area contributed by atoms with E-state index in [1.54, 1.807) is 0 Å². The number of hydrogen-bond donors (Lipinski definition) is 0. The van der Waals surface area contributed by atoms with Crippen molar-refractivity contribution in [2.75, 3.05) is 6.67 Å². The van der Waals surface area contributed by atoms with Crippen LogP contribution in [0.3, 0.4) is 0 Å². The molecule has 142 valence electrons. The van der Waals surface area contributed by atoms with Crippen LogP contribution in [0.2, 0.25) is 0 Å². The van der Waals surface area contributed by atoms with Gasteiger partial charge >= 0.3 is 0 Å². The molecule has 2 heterocycles. The molecule has 0 aliphatic carbocycles. The van der Waals surface area contributed by atoms with Gasteiger partial charge in [0.25, 0.3) is 5.56 Å². The largest absolute Gasteiger partial charge is 0.289 e. The first-order chi connectivity index (χ1) is 13.5. The summed E-state index contributed by atoms with van der Waals surface area (Å²) in [7, 11) is 0. The maximum Gasteiger partial charge on any atom is 0.263 e. The molecule has 0 amide bonds. The molecule has 4 rings (SSSR count). The van der Waals surface area contributed by atoms with Gasteiger partial charge in [-0.15, -0.1) is 11.3 Å². The molecule has 28 heavy (non-hydrogen) atoms. The first-order valence-electron chi connectivity index (χ1n) is 9.23. The number of benzene rings is 2. The van der Waals surface area contributed by atoms with Crippen molar-refractivity contribution < 1.29 is 4.39 Å². The summed E-state index contributed by atoms with van der Waals surface area (Å²) in [4.78, 5) is 20.0. The van der Waals surface area contributed by atoms with Crippen molar-refractivity contribution in [2.24, 2.45) is 0 Å². The van der Waals surface area contributed by atoms with Gasteiger partial charge in [-0.25, -0.2) is 9.37 Å². The van der Waals surface area contributed by atoms with E-state index in [1.807, 2.05) is 69.3 Å². The Balaban J connectivity index is 2.04. The van der Waals surface area contributed by atoms with E-state index in [-0.39, 0.29) is 12.1 Å². The summed E-state index contributed by atoms with van der Waals surface area (Å²) in [5, 5.41) is 0.580. The Hall–Kier alpha value is -2.79. The smallest absolute Gasteiger partial charge is 0.263 e. The van der Waals surface area contributed by atoms with Crippen LogP contribution >= 0.6 is 11.3 Å². The molecule has 5 heteroatoms. The summed E-state index contributed by atoms with van der Waals surface area (Å²) in [5.74, 6) is 0.524. The number of thiophene rings is 1. The number of aryl methyl sites for hydroxylation is 3.